The van der Waals surface area contributed by atoms with Gasteiger partial charge in [0.25, 0.3) is 0 Å². The fourth-order valence-corrected chi connectivity index (χ4v) is 1.19. The molecule has 4 heteroatoms. The lowest BCUT2D eigenvalue weighted by atomic mass is 10.2. The number of amides is 1. The van der Waals surface area contributed by atoms with Crippen molar-refractivity contribution < 1.29 is 4.79 Å². The van der Waals surface area contributed by atoms with Crippen LogP contribution in [0.5, 0.6) is 0 Å². The molecule has 0 aromatic heterocycles. The van der Waals surface area contributed by atoms with Gasteiger partial charge in [-0.05, 0) is 33.5 Å². The van der Waals surface area contributed by atoms with Crippen molar-refractivity contribution in [1.82, 2.24) is 9.80 Å². The molecule has 0 heterocycles. The van der Waals surface area contributed by atoms with Gasteiger partial charge in [0.15, 0.2) is 0 Å². The van der Waals surface area contributed by atoms with Crippen LogP contribution < -0.4 is 5.73 Å². The Kier molecular flexibility index (Phi) is 6.49. The van der Waals surface area contributed by atoms with Crippen LogP contribution in [-0.2, 0) is 4.79 Å². The van der Waals surface area contributed by atoms with Gasteiger partial charge in [0.1, 0.15) is 0 Å². The zero-order chi connectivity index (χ0) is 11.1. The van der Waals surface area contributed by atoms with E-state index >= 15 is 0 Å². The first-order chi connectivity index (χ1) is 6.49. The maximum Gasteiger partial charge on any atom is 0.239 e. The summed E-state index contributed by atoms with van der Waals surface area (Å²) in [5.74, 6) is 0.0475. The molecule has 0 aliphatic heterocycles. The fraction of sp³-hybridized carbons (Fsp3) is 0.900. The van der Waals surface area contributed by atoms with E-state index < -0.39 is 0 Å². The number of rotatable bonds is 6. The highest BCUT2D eigenvalue weighted by Gasteiger charge is 2.15. The average Bonchev–Trinajstić information content (AvgIpc) is 2.14. The van der Waals surface area contributed by atoms with Crippen LogP contribution >= 0.6 is 0 Å². The van der Waals surface area contributed by atoms with Gasteiger partial charge < -0.3 is 15.5 Å². The largest absolute Gasteiger partial charge is 0.344 e. The van der Waals surface area contributed by atoms with Crippen molar-refractivity contribution >= 4 is 5.91 Å². The lowest BCUT2D eigenvalue weighted by Crippen LogP contribution is -2.42. The fourth-order valence-electron chi connectivity index (χ4n) is 1.19. The molecule has 0 aromatic rings. The number of hydrogen-bond donors (Lipinski definition) is 1. The number of carbonyl (C=O) groups excluding carboxylic acids is 1. The smallest absolute Gasteiger partial charge is 0.239 e. The molecule has 0 bridgehead atoms. The van der Waals surface area contributed by atoms with Gasteiger partial charge in [0.2, 0.25) is 5.91 Å². The topological polar surface area (TPSA) is 49.6 Å². The van der Waals surface area contributed by atoms with Crippen molar-refractivity contribution in [3.8, 4) is 0 Å². The minimum atomic E-state index is -0.334. The third-order valence-corrected chi connectivity index (χ3v) is 2.23. The van der Waals surface area contributed by atoms with Gasteiger partial charge >= 0.3 is 0 Å². The molecule has 84 valence electrons. The van der Waals surface area contributed by atoms with Gasteiger partial charge in [-0.25, -0.2) is 0 Å². The molecule has 0 rings (SSSR count). The molecular formula is C10H23N3O. The molecule has 14 heavy (non-hydrogen) atoms. The molecule has 4 nitrogen and oxygen atoms in total. The Hall–Kier alpha value is -0.610. The molecule has 0 aliphatic rings. The number of likely N-dealkylation sites (N-methyl/N-ethyl adjacent to an activating group) is 1. The molecule has 0 saturated heterocycles. The van der Waals surface area contributed by atoms with Gasteiger partial charge in [-0.15, -0.1) is 0 Å². The second-order valence-corrected chi connectivity index (χ2v) is 3.93. The Labute approximate surface area is 87.0 Å². The Bertz CT molecular complexity index is 171. The van der Waals surface area contributed by atoms with Crippen molar-refractivity contribution in [3.05, 3.63) is 0 Å². The van der Waals surface area contributed by atoms with Gasteiger partial charge in [0.05, 0.1) is 6.04 Å². The molecule has 0 aromatic carbocycles. The quantitative estimate of drug-likeness (QED) is 0.665. The predicted molar refractivity (Wildman–Crippen MR) is 59.1 cm³/mol. The van der Waals surface area contributed by atoms with Gasteiger partial charge in [0, 0.05) is 13.6 Å². The minimum absolute atomic E-state index is 0.0475. The van der Waals surface area contributed by atoms with Crippen LogP contribution in [0.15, 0.2) is 0 Å². The first kappa shape index (κ1) is 13.4. The number of hydrogen-bond acceptors (Lipinski definition) is 3. The molecule has 1 atom stereocenters. The highest BCUT2D eigenvalue weighted by Crippen LogP contribution is 1.96. The summed E-state index contributed by atoms with van der Waals surface area (Å²) in [7, 11) is 5.87. The zero-order valence-corrected chi connectivity index (χ0v) is 9.79. The van der Waals surface area contributed by atoms with Crippen molar-refractivity contribution in [2.45, 2.75) is 25.8 Å². The van der Waals surface area contributed by atoms with Crippen molar-refractivity contribution in [2.24, 2.45) is 5.73 Å². The van der Waals surface area contributed by atoms with Crippen LogP contribution in [0.3, 0.4) is 0 Å². The first-order valence-electron chi connectivity index (χ1n) is 5.14. The molecule has 0 fully saturated rings. The molecule has 2 N–H and O–H groups in total. The van der Waals surface area contributed by atoms with Gasteiger partial charge in [-0.2, -0.15) is 0 Å². The number of nitrogens with two attached hydrogens (primary N) is 1. The monoisotopic (exact) mass is 201 g/mol. The van der Waals surface area contributed by atoms with Crippen molar-refractivity contribution in [1.29, 1.82) is 0 Å². The molecule has 0 spiro atoms. The lowest BCUT2D eigenvalue weighted by Gasteiger charge is -2.21. The van der Waals surface area contributed by atoms with Crippen molar-refractivity contribution in [2.75, 3.05) is 34.2 Å². The summed E-state index contributed by atoms with van der Waals surface area (Å²) in [5.41, 5.74) is 5.65. The second kappa shape index (κ2) is 6.79. The number of carbonyl (C=O) groups is 1. The van der Waals surface area contributed by atoms with Crippen molar-refractivity contribution in [3.63, 3.8) is 0 Å². The van der Waals surface area contributed by atoms with Crippen LogP contribution in [0.2, 0.25) is 0 Å². The van der Waals surface area contributed by atoms with Crippen LogP contribution in [0.4, 0.5) is 0 Å². The minimum Gasteiger partial charge on any atom is -0.344 e. The summed E-state index contributed by atoms with van der Waals surface area (Å²) in [6.45, 7) is 3.71. The highest BCUT2D eigenvalue weighted by molar-refractivity contribution is 5.81. The first-order valence-corrected chi connectivity index (χ1v) is 5.14. The average molecular weight is 201 g/mol. The summed E-state index contributed by atoms with van der Waals surface area (Å²) in [6.07, 6.45) is 1.70. The van der Waals surface area contributed by atoms with E-state index in [1.165, 1.54) is 0 Å². The molecule has 0 aliphatic carbocycles. The van der Waals surface area contributed by atoms with E-state index in [-0.39, 0.29) is 11.9 Å². The normalized spacial score (nSPS) is 13.0. The van der Waals surface area contributed by atoms with Crippen LogP contribution in [0.1, 0.15) is 19.8 Å². The summed E-state index contributed by atoms with van der Waals surface area (Å²) < 4.78 is 0. The maximum atomic E-state index is 11.5. The Morgan fingerprint density at radius 2 is 1.86 bits per heavy atom. The summed E-state index contributed by atoms with van der Waals surface area (Å²) in [5, 5.41) is 0. The van der Waals surface area contributed by atoms with E-state index in [4.69, 9.17) is 5.73 Å². The standard InChI is InChI=1S/C10H23N3O/c1-5-9(11)10(14)13(4)8-6-7-12(2)3/h9H,5-8,11H2,1-4H3. The van der Waals surface area contributed by atoms with Gasteiger partial charge in [-0.3, -0.25) is 4.79 Å². The SMILES string of the molecule is CCC(N)C(=O)N(C)CCCN(C)C. The zero-order valence-electron chi connectivity index (χ0n) is 9.79. The lowest BCUT2D eigenvalue weighted by molar-refractivity contribution is -0.131. The summed E-state index contributed by atoms with van der Waals surface area (Å²) in [6, 6.07) is -0.334. The molecule has 0 saturated carbocycles. The molecule has 1 unspecified atom stereocenters. The van der Waals surface area contributed by atoms with E-state index in [1.54, 1.807) is 4.90 Å². The Morgan fingerprint density at radius 3 is 2.29 bits per heavy atom. The Balaban J connectivity index is 3.73. The molecule has 1 amide bonds. The summed E-state index contributed by atoms with van der Waals surface area (Å²) >= 11 is 0. The third kappa shape index (κ3) is 5.19. The van der Waals surface area contributed by atoms with E-state index in [9.17, 15) is 4.79 Å². The highest BCUT2D eigenvalue weighted by atomic mass is 16.2. The van der Waals surface area contributed by atoms with E-state index in [0.29, 0.717) is 6.42 Å². The summed E-state index contributed by atoms with van der Waals surface area (Å²) in [4.78, 5) is 15.4. The van der Waals surface area contributed by atoms with E-state index in [0.717, 1.165) is 19.5 Å². The van der Waals surface area contributed by atoms with Crippen LogP contribution in [0, 0.1) is 0 Å². The molecule has 0 radical (unpaired) electrons. The second-order valence-electron chi connectivity index (χ2n) is 3.93. The van der Waals surface area contributed by atoms with E-state index in [2.05, 4.69) is 4.90 Å². The van der Waals surface area contributed by atoms with E-state index in [1.807, 2.05) is 28.1 Å². The van der Waals surface area contributed by atoms with Crippen LogP contribution in [0.25, 0.3) is 0 Å². The third-order valence-electron chi connectivity index (χ3n) is 2.23. The van der Waals surface area contributed by atoms with Gasteiger partial charge in [-0.1, -0.05) is 6.92 Å². The van der Waals surface area contributed by atoms with Crippen LogP contribution in [-0.4, -0.2) is 56.0 Å². The molecular weight excluding hydrogens is 178 g/mol. The maximum absolute atomic E-state index is 11.5. The number of nitrogens with zero attached hydrogens (tertiary/aromatic N) is 2. The Morgan fingerprint density at radius 1 is 1.29 bits per heavy atom. The predicted octanol–water partition coefficient (Wildman–Crippen LogP) is 0.134.